The molecular weight excluding hydrogens is 400 g/mol. The van der Waals surface area contributed by atoms with Gasteiger partial charge in [-0.2, -0.15) is 5.10 Å². The van der Waals surface area contributed by atoms with Crippen molar-refractivity contribution in [2.24, 2.45) is 5.92 Å². The molecule has 6 nitrogen and oxygen atoms in total. The molecular formula is C26H34N4O2. The van der Waals surface area contributed by atoms with Gasteiger partial charge in [0.1, 0.15) is 5.75 Å². The lowest BCUT2D eigenvalue weighted by atomic mass is 9.90. The van der Waals surface area contributed by atoms with E-state index < -0.39 is 0 Å². The Morgan fingerprint density at radius 2 is 1.91 bits per heavy atom. The summed E-state index contributed by atoms with van der Waals surface area (Å²) in [6, 6.07) is 10.6. The predicted octanol–water partition coefficient (Wildman–Crippen LogP) is 5.20. The summed E-state index contributed by atoms with van der Waals surface area (Å²) in [7, 11) is 0. The highest BCUT2D eigenvalue weighted by molar-refractivity contribution is 5.98. The smallest absolute Gasteiger partial charge is 0.255 e. The second kappa shape index (κ2) is 9.72. The van der Waals surface area contributed by atoms with Gasteiger partial charge in [0, 0.05) is 24.5 Å². The van der Waals surface area contributed by atoms with Crippen molar-refractivity contribution in [2.75, 3.05) is 19.7 Å². The summed E-state index contributed by atoms with van der Waals surface area (Å²) in [6.07, 6.45) is 6.17. The largest absolute Gasteiger partial charge is 0.494 e. The Kier molecular flexibility index (Phi) is 6.77. The van der Waals surface area contributed by atoms with Gasteiger partial charge in [0.05, 0.1) is 24.1 Å². The Morgan fingerprint density at radius 3 is 2.56 bits per heavy atom. The number of amides is 1. The third-order valence-electron chi connectivity index (χ3n) is 6.46. The van der Waals surface area contributed by atoms with Crippen LogP contribution < -0.4 is 4.74 Å². The molecule has 2 aromatic heterocycles. The van der Waals surface area contributed by atoms with E-state index in [1.807, 2.05) is 35.7 Å². The summed E-state index contributed by atoms with van der Waals surface area (Å²) in [6.45, 7) is 10.4. The highest BCUT2D eigenvalue weighted by Gasteiger charge is 2.25. The molecule has 0 atom stereocenters. The second-order valence-corrected chi connectivity index (χ2v) is 9.07. The first kappa shape index (κ1) is 22.3. The number of piperidine rings is 1. The lowest BCUT2D eigenvalue weighted by molar-refractivity contribution is 0.0686. The molecule has 32 heavy (non-hydrogen) atoms. The lowest BCUT2D eigenvalue weighted by Gasteiger charge is -2.32. The summed E-state index contributed by atoms with van der Waals surface area (Å²) in [5.41, 5.74) is 3.68. The minimum Gasteiger partial charge on any atom is -0.494 e. The maximum absolute atomic E-state index is 13.2. The van der Waals surface area contributed by atoms with Crippen LogP contribution >= 0.6 is 0 Å². The summed E-state index contributed by atoms with van der Waals surface area (Å²) >= 11 is 0. The molecule has 1 aromatic carbocycles. The molecule has 0 unspecified atom stereocenters. The molecule has 1 amide bonds. The number of hydrogen-bond acceptors (Lipinski definition) is 4. The number of nitrogens with zero attached hydrogens (tertiary/aromatic N) is 4. The first-order chi connectivity index (χ1) is 15.5. The van der Waals surface area contributed by atoms with Gasteiger partial charge in [-0.25, -0.2) is 9.67 Å². The van der Waals surface area contributed by atoms with Crippen molar-refractivity contribution in [2.45, 2.75) is 59.4 Å². The quantitative estimate of drug-likeness (QED) is 0.512. The number of benzene rings is 1. The number of hydrogen-bond donors (Lipinski definition) is 0. The molecule has 170 valence electrons. The molecule has 6 heteroatoms. The number of aromatic nitrogens is 3. The maximum Gasteiger partial charge on any atom is 0.255 e. The normalized spacial score (nSPS) is 15.0. The number of carbonyl (C=O) groups is 1. The molecule has 0 radical (unpaired) electrons. The van der Waals surface area contributed by atoms with Crippen LogP contribution in [0.15, 0.2) is 36.5 Å². The van der Waals surface area contributed by atoms with Gasteiger partial charge in [-0.3, -0.25) is 4.79 Å². The first-order valence-electron chi connectivity index (χ1n) is 11.8. The van der Waals surface area contributed by atoms with Gasteiger partial charge in [0.15, 0.2) is 5.65 Å². The van der Waals surface area contributed by atoms with E-state index in [2.05, 4.69) is 43.2 Å². The van der Waals surface area contributed by atoms with Crippen LogP contribution in [-0.2, 0) is 6.42 Å². The molecule has 4 rings (SSSR count). The topological polar surface area (TPSA) is 60.2 Å². The molecule has 1 fully saturated rings. The summed E-state index contributed by atoms with van der Waals surface area (Å²) < 4.78 is 7.43. The van der Waals surface area contributed by atoms with Crippen molar-refractivity contribution in [3.8, 4) is 5.75 Å². The molecule has 1 aliphatic heterocycles. The van der Waals surface area contributed by atoms with Crippen LogP contribution in [0.1, 0.15) is 67.7 Å². The Labute approximate surface area is 190 Å². The third kappa shape index (κ3) is 4.79. The Bertz CT molecular complexity index is 1060. The van der Waals surface area contributed by atoms with E-state index in [1.54, 1.807) is 0 Å². The van der Waals surface area contributed by atoms with Crippen molar-refractivity contribution in [1.82, 2.24) is 19.7 Å². The Balaban J connectivity index is 1.34. The van der Waals surface area contributed by atoms with Crippen LogP contribution in [0.3, 0.4) is 0 Å². The van der Waals surface area contributed by atoms with Gasteiger partial charge in [0.2, 0.25) is 0 Å². The SMILES string of the molecule is CCOc1ccc(CCC2CCN(C(=O)c3cc4cnn(C(C)C)c4nc3C)CC2)cc1. The molecule has 3 aromatic rings. The second-order valence-electron chi connectivity index (χ2n) is 9.07. The van der Waals surface area contributed by atoms with E-state index >= 15 is 0 Å². The fourth-order valence-electron chi connectivity index (χ4n) is 4.54. The molecule has 0 bridgehead atoms. The zero-order valence-electron chi connectivity index (χ0n) is 19.7. The van der Waals surface area contributed by atoms with E-state index in [4.69, 9.17) is 9.72 Å². The number of rotatable bonds is 7. The molecule has 0 N–H and O–H groups in total. The van der Waals surface area contributed by atoms with Gasteiger partial charge >= 0.3 is 0 Å². The van der Waals surface area contributed by atoms with Gasteiger partial charge in [0.25, 0.3) is 5.91 Å². The molecule has 0 saturated carbocycles. The number of fused-ring (bicyclic) bond motifs is 1. The highest BCUT2D eigenvalue weighted by Crippen LogP contribution is 2.26. The first-order valence-corrected chi connectivity index (χ1v) is 11.8. The van der Waals surface area contributed by atoms with Gasteiger partial charge < -0.3 is 9.64 Å². The van der Waals surface area contributed by atoms with Crippen molar-refractivity contribution < 1.29 is 9.53 Å². The minimum atomic E-state index is 0.0964. The third-order valence-corrected chi connectivity index (χ3v) is 6.46. The van der Waals surface area contributed by atoms with Crippen molar-refractivity contribution in [3.05, 3.63) is 53.3 Å². The van der Waals surface area contributed by atoms with Crippen molar-refractivity contribution in [3.63, 3.8) is 0 Å². The Morgan fingerprint density at radius 1 is 1.19 bits per heavy atom. The van der Waals surface area contributed by atoms with Gasteiger partial charge in [-0.05, 0) is 83.1 Å². The minimum absolute atomic E-state index is 0.0964. The fraction of sp³-hybridized carbons (Fsp3) is 0.500. The van der Waals surface area contributed by atoms with Crippen LogP contribution in [0.2, 0.25) is 0 Å². The number of pyridine rings is 1. The number of carbonyl (C=O) groups excluding carboxylic acids is 1. The molecule has 0 spiro atoms. The van der Waals surface area contributed by atoms with Crippen LogP contribution in [0.5, 0.6) is 5.75 Å². The average Bonchev–Trinajstić information content (AvgIpc) is 3.21. The standard InChI is InChI=1S/C26H34N4O2/c1-5-32-23-10-8-20(9-11-23)6-7-21-12-14-29(15-13-21)26(31)24-16-22-17-27-30(18(2)3)25(22)28-19(24)4/h8-11,16-18,21H,5-7,12-15H2,1-4H3. The monoisotopic (exact) mass is 434 g/mol. The number of likely N-dealkylation sites (tertiary alicyclic amines) is 1. The number of ether oxygens (including phenoxy) is 1. The van der Waals surface area contributed by atoms with Crippen molar-refractivity contribution >= 4 is 16.9 Å². The maximum atomic E-state index is 13.2. The Hall–Kier alpha value is -2.89. The molecule has 1 aliphatic rings. The average molecular weight is 435 g/mol. The molecule has 1 saturated heterocycles. The van der Waals surface area contributed by atoms with Gasteiger partial charge in [-0.1, -0.05) is 12.1 Å². The van der Waals surface area contributed by atoms with Crippen LogP contribution in [-0.4, -0.2) is 45.3 Å². The zero-order chi connectivity index (χ0) is 22.7. The highest BCUT2D eigenvalue weighted by atomic mass is 16.5. The number of aryl methyl sites for hydroxylation is 2. The molecule has 3 heterocycles. The lowest BCUT2D eigenvalue weighted by Crippen LogP contribution is -2.39. The van der Waals surface area contributed by atoms with E-state index in [0.29, 0.717) is 18.1 Å². The summed E-state index contributed by atoms with van der Waals surface area (Å²) in [4.78, 5) is 19.9. The van der Waals surface area contributed by atoms with Crippen LogP contribution in [0.4, 0.5) is 0 Å². The summed E-state index contributed by atoms with van der Waals surface area (Å²) in [5.74, 6) is 1.69. The van der Waals surface area contributed by atoms with E-state index in [1.165, 1.54) is 5.56 Å². The van der Waals surface area contributed by atoms with Gasteiger partial charge in [-0.15, -0.1) is 0 Å². The van der Waals surface area contributed by atoms with E-state index in [0.717, 1.165) is 61.2 Å². The van der Waals surface area contributed by atoms with E-state index in [9.17, 15) is 4.79 Å². The van der Waals surface area contributed by atoms with Crippen LogP contribution in [0.25, 0.3) is 11.0 Å². The van der Waals surface area contributed by atoms with Crippen molar-refractivity contribution in [1.29, 1.82) is 0 Å². The fourth-order valence-corrected chi connectivity index (χ4v) is 4.54. The van der Waals surface area contributed by atoms with Crippen LogP contribution in [0, 0.1) is 12.8 Å². The van der Waals surface area contributed by atoms with E-state index in [-0.39, 0.29) is 11.9 Å². The zero-order valence-corrected chi connectivity index (χ0v) is 19.7. The molecule has 0 aliphatic carbocycles. The predicted molar refractivity (Wildman–Crippen MR) is 127 cm³/mol. The summed E-state index contributed by atoms with van der Waals surface area (Å²) in [5, 5.41) is 5.37.